The van der Waals surface area contributed by atoms with Crippen molar-refractivity contribution >= 4 is 11.8 Å². The van der Waals surface area contributed by atoms with Gasteiger partial charge >= 0.3 is 0 Å². The number of rotatable bonds is 8. The van der Waals surface area contributed by atoms with Crippen LogP contribution in [-0.4, -0.2) is 43.7 Å². The van der Waals surface area contributed by atoms with Gasteiger partial charge in [-0.25, -0.2) is 0 Å². The van der Waals surface area contributed by atoms with E-state index in [2.05, 4.69) is 18.2 Å². The number of para-hydroxylation sites is 1. The molecule has 0 atom stereocenters. The summed E-state index contributed by atoms with van der Waals surface area (Å²) in [6.07, 6.45) is 3.23. The zero-order valence-corrected chi connectivity index (χ0v) is 11.0. The average Bonchev–Trinajstić information content (AvgIpc) is 2.33. The molecule has 0 fully saturated rings. The van der Waals surface area contributed by atoms with E-state index in [1.165, 1.54) is 5.75 Å². The molecule has 2 nitrogen and oxygen atoms in total. The molecule has 3 heteroatoms. The highest BCUT2D eigenvalue weighted by molar-refractivity contribution is 7.98. The molecule has 0 unspecified atom stereocenters. The lowest BCUT2D eigenvalue weighted by Crippen LogP contribution is -2.23. The fourth-order valence-corrected chi connectivity index (χ4v) is 1.89. The molecule has 0 saturated heterocycles. The van der Waals surface area contributed by atoms with Crippen molar-refractivity contribution in [3.05, 3.63) is 30.3 Å². The van der Waals surface area contributed by atoms with Crippen LogP contribution in [0.1, 0.15) is 6.42 Å². The van der Waals surface area contributed by atoms with Gasteiger partial charge in [0.25, 0.3) is 0 Å². The standard InChI is InChI=1S/C13H21NOS/c1-14(10-12-16-2)9-6-11-15-13-7-4-3-5-8-13/h3-5,7-8H,6,9-12H2,1-2H3. The number of hydrogen-bond acceptors (Lipinski definition) is 3. The zero-order chi connectivity index (χ0) is 11.6. The summed E-state index contributed by atoms with van der Waals surface area (Å²) < 4.78 is 5.63. The second-order valence-corrected chi connectivity index (χ2v) is 4.80. The molecule has 0 bridgehead atoms. The Kier molecular flexibility index (Phi) is 7.10. The first kappa shape index (κ1) is 13.4. The molecule has 0 heterocycles. The minimum absolute atomic E-state index is 0.799. The van der Waals surface area contributed by atoms with Crippen LogP contribution < -0.4 is 4.74 Å². The average molecular weight is 239 g/mol. The molecule has 0 radical (unpaired) electrons. The number of ether oxygens (including phenoxy) is 1. The third-order valence-corrected chi connectivity index (χ3v) is 2.96. The monoisotopic (exact) mass is 239 g/mol. The summed E-state index contributed by atoms with van der Waals surface area (Å²) in [4.78, 5) is 2.35. The Balaban J connectivity index is 2.03. The molecule has 0 aliphatic carbocycles. The van der Waals surface area contributed by atoms with E-state index in [1.807, 2.05) is 42.1 Å². The summed E-state index contributed by atoms with van der Waals surface area (Å²) in [5.74, 6) is 2.17. The van der Waals surface area contributed by atoms with E-state index in [-0.39, 0.29) is 0 Å². The number of hydrogen-bond donors (Lipinski definition) is 0. The van der Waals surface area contributed by atoms with Gasteiger partial charge in [0.05, 0.1) is 6.61 Å². The third kappa shape index (κ3) is 6.03. The molecule has 0 aliphatic heterocycles. The topological polar surface area (TPSA) is 12.5 Å². The van der Waals surface area contributed by atoms with E-state index < -0.39 is 0 Å². The molecule has 1 aromatic carbocycles. The number of thioether (sulfide) groups is 1. The largest absolute Gasteiger partial charge is 0.494 e. The van der Waals surface area contributed by atoms with E-state index in [0.717, 1.165) is 31.9 Å². The van der Waals surface area contributed by atoms with E-state index in [9.17, 15) is 0 Å². The summed E-state index contributed by atoms with van der Waals surface area (Å²) in [5, 5.41) is 0. The SMILES string of the molecule is CSCCN(C)CCCOc1ccccc1. The Hall–Kier alpha value is -0.670. The molecule has 0 N–H and O–H groups in total. The van der Waals surface area contributed by atoms with Crippen molar-refractivity contribution in [2.75, 3.05) is 38.8 Å². The maximum absolute atomic E-state index is 5.63. The Labute approximate surface area is 103 Å². The molecule has 1 aromatic rings. The molecule has 1 rings (SSSR count). The van der Waals surface area contributed by atoms with Crippen LogP contribution in [0.5, 0.6) is 5.75 Å². The van der Waals surface area contributed by atoms with Gasteiger partial charge in [0.2, 0.25) is 0 Å². The first-order valence-electron chi connectivity index (χ1n) is 5.68. The summed E-state index contributed by atoms with van der Waals surface area (Å²) in [5.41, 5.74) is 0. The lowest BCUT2D eigenvalue weighted by Gasteiger charge is -2.15. The Morgan fingerprint density at radius 2 is 1.94 bits per heavy atom. The molecule has 0 aliphatic rings. The molecule has 90 valence electrons. The predicted molar refractivity (Wildman–Crippen MR) is 72.4 cm³/mol. The highest BCUT2D eigenvalue weighted by Crippen LogP contribution is 2.08. The highest BCUT2D eigenvalue weighted by Gasteiger charge is 1.97. The normalized spacial score (nSPS) is 10.7. The fourth-order valence-electron chi connectivity index (χ4n) is 1.40. The van der Waals surface area contributed by atoms with Crippen molar-refractivity contribution < 1.29 is 4.74 Å². The van der Waals surface area contributed by atoms with Crippen molar-refractivity contribution in [3.8, 4) is 5.75 Å². The fraction of sp³-hybridized carbons (Fsp3) is 0.538. The second kappa shape index (κ2) is 8.48. The van der Waals surface area contributed by atoms with Crippen LogP contribution in [0.15, 0.2) is 30.3 Å². The quantitative estimate of drug-likeness (QED) is 0.647. The maximum Gasteiger partial charge on any atom is 0.119 e. The summed E-state index contributed by atoms with van der Waals surface area (Å²) in [6, 6.07) is 10.00. The van der Waals surface area contributed by atoms with Crippen LogP contribution >= 0.6 is 11.8 Å². The van der Waals surface area contributed by atoms with E-state index in [1.54, 1.807) is 0 Å². The highest BCUT2D eigenvalue weighted by atomic mass is 32.2. The minimum Gasteiger partial charge on any atom is -0.494 e. The molecule has 0 amide bonds. The van der Waals surface area contributed by atoms with E-state index in [4.69, 9.17) is 4.74 Å². The molecule has 0 aromatic heterocycles. The maximum atomic E-state index is 5.63. The first-order chi connectivity index (χ1) is 7.83. The lowest BCUT2D eigenvalue weighted by atomic mass is 10.3. The Morgan fingerprint density at radius 3 is 2.62 bits per heavy atom. The van der Waals surface area contributed by atoms with Crippen molar-refractivity contribution in [2.24, 2.45) is 0 Å². The molecular weight excluding hydrogens is 218 g/mol. The summed E-state index contributed by atoms with van der Waals surface area (Å²) in [7, 11) is 2.17. The van der Waals surface area contributed by atoms with Crippen LogP contribution in [0.2, 0.25) is 0 Å². The van der Waals surface area contributed by atoms with Gasteiger partial charge in [-0.05, 0) is 31.9 Å². The molecule has 16 heavy (non-hydrogen) atoms. The molecule has 0 saturated carbocycles. The van der Waals surface area contributed by atoms with Gasteiger partial charge < -0.3 is 9.64 Å². The van der Waals surface area contributed by atoms with Gasteiger partial charge in [0.1, 0.15) is 5.75 Å². The van der Waals surface area contributed by atoms with Gasteiger partial charge in [-0.3, -0.25) is 0 Å². The van der Waals surface area contributed by atoms with Crippen molar-refractivity contribution in [2.45, 2.75) is 6.42 Å². The van der Waals surface area contributed by atoms with Crippen LogP contribution in [0, 0.1) is 0 Å². The van der Waals surface area contributed by atoms with E-state index in [0.29, 0.717) is 0 Å². The van der Waals surface area contributed by atoms with E-state index >= 15 is 0 Å². The van der Waals surface area contributed by atoms with Crippen molar-refractivity contribution in [1.82, 2.24) is 4.90 Å². The van der Waals surface area contributed by atoms with Crippen LogP contribution in [0.4, 0.5) is 0 Å². The zero-order valence-electron chi connectivity index (χ0n) is 10.2. The lowest BCUT2D eigenvalue weighted by molar-refractivity contribution is 0.269. The van der Waals surface area contributed by atoms with Gasteiger partial charge in [0, 0.05) is 18.8 Å². The number of nitrogens with zero attached hydrogens (tertiary/aromatic N) is 1. The third-order valence-electron chi connectivity index (χ3n) is 2.37. The van der Waals surface area contributed by atoms with Gasteiger partial charge in [-0.1, -0.05) is 18.2 Å². The van der Waals surface area contributed by atoms with Crippen LogP contribution in [0.3, 0.4) is 0 Å². The summed E-state index contributed by atoms with van der Waals surface area (Å²) >= 11 is 1.89. The minimum atomic E-state index is 0.799. The predicted octanol–water partition coefficient (Wildman–Crippen LogP) is 2.75. The van der Waals surface area contributed by atoms with Gasteiger partial charge in [0.15, 0.2) is 0 Å². The summed E-state index contributed by atoms with van der Waals surface area (Å²) in [6.45, 7) is 3.06. The number of benzene rings is 1. The first-order valence-corrected chi connectivity index (χ1v) is 7.07. The van der Waals surface area contributed by atoms with Crippen molar-refractivity contribution in [3.63, 3.8) is 0 Å². The van der Waals surface area contributed by atoms with Crippen LogP contribution in [0.25, 0.3) is 0 Å². The molecule has 0 spiro atoms. The van der Waals surface area contributed by atoms with Gasteiger partial charge in [-0.2, -0.15) is 11.8 Å². The smallest absolute Gasteiger partial charge is 0.119 e. The van der Waals surface area contributed by atoms with Gasteiger partial charge in [-0.15, -0.1) is 0 Å². The second-order valence-electron chi connectivity index (χ2n) is 3.81. The molecular formula is C13H21NOS. The van der Waals surface area contributed by atoms with Crippen molar-refractivity contribution in [1.29, 1.82) is 0 Å². The Bertz CT molecular complexity index is 266. The Morgan fingerprint density at radius 1 is 1.19 bits per heavy atom. The van der Waals surface area contributed by atoms with Crippen LogP contribution in [-0.2, 0) is 0 Å².